The van der Waals surface area contributed by atoms with Crippen LogP contribution in [0.25, 0.3) is 11.3 Å². The van der Waals surface area contributed by atoms with Crippen LogP contribution >= 0.6 is 11.6 Å². The van der Waals surface area contributed by atoms with Gasteiger partial charge in [-0.25, -0.2) is 0 Å². The van der Waals surface area contributed by atoms with E-state index in [0.29, 0.717) is 22.1 Å². The number of hydrogen-bond donors (Lipinski definition) is 1. The summed E-state index contributed by atoms with van der Waals surface area (Å²) in [5, 5.41) is 3.60. The lowest BCUT2D eigenvalue weighted by atomic mass is 10.1. The Morgan fingerprint density at radius 1 is 1.08 bits per heavy atom. The quantitative estimate of drug-likeness (QED) is 0.540. The van der Waals surface area contributed by atoms with Crippen molar-refractivity contribution in [1.29, 1.82) is 0 Å². The van der Waals surface area contributed by atoms with Gasteiger partial charge in [0.2, 0.25) is 0 Å². The molecule has 0 saturated carbocycles. The first kappa shape index (κ1) is 18.3. The van der Waals surface area contributed by atoms with Crippen LogP contribution in [0.3, 0.4) is 0 Å². The fourth-order valence-corrected chi connectivity index (χ4v) is 2.92. The molecular weight excluding hydrogens is 346 g/mol. The Hall–Kier alpha value is -2.52. The second-order valence-electron chi connectivity index (χ2n) is 6.34. The molecule has 0 atom stereocenters. The molecule has 0 radical (unpaired) electrons. The van der Waals surface area contributed by atoms with E-state index >= 15 is 0 Å². The van der Waals surface area contributed by atoms with E-state index in [1.165, 1.54) is 18.4 Å². The number of amides is 1. The van der Waals surface area contributed by atoms with E-state index in [9.17, 15) is 4.79 Å². The summed E-state index contributed by atoms with van der Waals surface area (Å²) in [5.74, 6) is 1.07. The second-order valence-corrected chi connectivity index (χ2v) is 6.78. The van der Waals surface area contributed by atoms with Crippen LogP contribution in [-0.2, 0) is 6.42 Å². The fraction of sp³-hybridized carbons (Fsp3) is 0.227. The first-order valence-corrected chi connectivity index (χ1v) is 9.21. The smallest absolute Gasteiger partial charge is 0.259 e. The van der Waals surface area contributed by atoms with Gasteiger partial charge in [0.1, 0.15) is 11.5 Å². The molecule has 0 aliphatic rings. The molecule has 0 spiro atoms. The van der Waals surface area contributed by atoms with Crippen LogP contribution in [0.5, 0.6) is 0 Å². The highest BCUT2D eigenvalue weighted by Crippen LogP contribution is 2.27. The van der Waals surface area contributed by atoms with E-state index in [1.54, 1.807) is 25.1 Å². The highest BCUT2D eigenvalue weighted by Gasteiger charge is 2.16. The molecule has 2 aromatic carbocycles. The maximum atomic E-state index is 12.6. The zero-order chi connectivity index (χ0) is 18.5. The number of benzene rings is 2. The minimum absolute atomic E-state index is 0.173. The summed E-state index contributed by atoms with van der Waals surface area (Å²) in [5.41, 5.74) is 3.49. The number of rotatable bonds is 6. The van der Waals surface area contributed by atoms with Crippen molar-refractivity contribution in [2.45, 2.75) is 33.1 Å². The summed E-state index contributed by atoms with van der Waals surface area (Å²) in [6.07, 6.45) is 3.41. The van der Waals surface area contributed by atoms with Gasteiger partial charge in [-0.15, -0.1) is 0 Å². The summed E-state index contributed by atoms with van der Waals surface area (Å²) < 4.78 is 5.76. The molecule has 0 bridgehead atoms. The van der Waals surface area contributed by atoms with E-state index in [1.807, 2.05) is 24.3 Å². The standard InChI is InChI=1S/C22H22ClNO2/c1-3-4-5-16-6-12-19(13-7-16)24-22(25)20-14-21(26-15(20)2)17-8-10-18(23)11-9-17/h6-14H,3-5H2,1-2H3,(H,24,25). The Morgan fingerprint density at radius 3 is 2.42 bits per heavy atom. The molecule has 0 aliphatic heterocycles. The molecule has 1 amide bonds. The van der Waals surface area contributed by atoms with Gasteiger partial charge in [-0.3, -0.25) is 4.79 Å². The van der Waals surface area contributed by atoms with Crippen molar-refractivity contribution in [1.82, 2.24) is 0 Å². The zero-order valence-corrected chi connectivity index (χ0v) is 15.8. The summed E-state index contributed by atoms with van der Waals surface area (Å²) in [6, 6.07) is 17.1. The Kier molecular flexibility index (Phi) is 5.79. The van der Waals surface area contributed by atoms with Crippen molar-refractivity contribution in [2.24, 2.45) is 0 Å². The zero-order valence-electron chi connectivity index (χ0n) is 15.0. The van der Waals surface area contributed by atoms with Crippen LogP contribution in [0.2, 0.25) is 5.02 Å². The van der Waals surface area contributed by atoms with Gasteiger partial charge in [-0.05, 0) is 67.8 Å². The van der Waals surface area contributed by atoms with Crippen molar-refractivity contribution in [3.63, 3.8) is 0 Å². The molecule has 1 aromatic heterocycles. The van der Waals surface area contributed by atoms with Crippen LogP contribution < -0.4 is 5.32 Å². The Labute approximate surface area is 159 Å². The van der Waals surface area contributed by atoms with Crippen LogP contribution in [0.4, 0.5) is 5.69 Å². The second kappa shape index (κ2) is 8.24. The maximum Gasteiger partial charge on any atom is 0.259 e. The van der Waals surface area contributed by atoms with E-state index in [4.69, 9.17) is 16.0 Å². The fourth-order valence-electron chi connectivity index (χ4n) is 2.80. The number of halogens is 1. The van der Waals surface area contributed by atoms with Crippen molar-refractivity contribution in [2.75, 3.05) is 5.32 Å². The number of nitrogens with one attached hydrogen (secondary N) is 1. The molecule has 0 fully saturated rings. The topological polar surface area (TPSA) is 42.2 Å². The van der Waals surface area contributed by atoms with Crippen molar-refractivity contribution >= 4 is 23.2 Å². The van der Waals surface area contributed by atoms with Gasteiger partial charge in [-0.1, -0.05) is 37.1 Å². The number of aryl methyl sites for hydroxylation is 2. The third kappa shape index (κ3) is 4.36. The van der Waals surface area contributed by atoms with Crippen LogP contribution in [0.15, 0.2) is 59.0 Å². The average Bonchev–Trinajstić information content (AvgIpc) is 3.03. The number of hydrogen-bond acceptors (Lipinski definition) is 2. The highest BCUT2D eigenvalue weighted by molar-refractivity contribution is 6.30. The minimum Gasteiger partial charge on any atom is -0.461 e. The summed E-state index contributed by atoms with van der Waals surface area (Å²) in [7, 11) is 0. The first-order chi connectivity index (χ1) is 12.6. The lowest BCUT2D eigenvalue weighted by Crippen LogP contribution is -2.12. The summed E-state index contributed by atoms with van der Waals surface area (Å²) >= 11 is 5.92. The van der Waals surface area contributed by atoms with Gasteiger partial charge in [0.25, 0.3) is 5.91 Å². The third-order valence-corrected chi connectivity index (χ3v) is 4.57. The number of carbonyl (C=O) groups excluding carboxylic acids is 1. The van der Waals surface area contributed by atoms with Gasteiger partial charge in [-0.2, -0.15) is 0 Å². The predicted molar refractivity (Wildman–Crippen MR) is 107 cm³/mol. The molecule has 0 aliphatic carbocycles. The normalized spacial score (nSPS) is 10.7. The van der Waals surface area contributed by atoms with E-state index in [-0.39, 0.29) is 5.91 Å². The molecule has 0 saturated heterocycles. The predicted octanol–water partition coefficient (Wildman–Crippen LogP) is 6.50. The van der Waals surface area contributed by atoms with Crippen molar-refractivity contribution < 1.29 is 9.21 Å². The molecular formula is C22H22ClNO2. The molecule has 134 valence electrons. The van der Waals surface area contributed by atoms with E-state index in [0.717, 1.165) is 17.7 Å². The van der Waals surface area contributed by atoms with Crippen LogP contribution in [-0.4, -0.2) is 5.91 Å². The van der Waals surface area contributed by atoms with Crippen molar-refractivity contribution in [3.05, 3.63) is 76.5 Å². The average molecular weight is 368 g/mol. The maximum absolute atomic E-state index is 12.6. The molecule has 26 heavy (non-hydrogen) atoms. The molecule has 3 nitrogen and oxygen atoms in total. The molecule has 1 N–H and O–H groups in total. The minimum atomic E-state index is -0.173. The number of unbranched alkanes of at least 4 members (excludes halogenated alkanes) is 1. The number of carbonyl (C=O) groups is 1. The monoisotopic (exact) mass is 367 g/mol. The van der Waals surface area contributed by atoms with Gasteiger partial charge in [0.15, 0.2) is 0 Å². The van der Waals surface area contributed by atoms with Gasteiger partial charge in [0, 0.05) is 16.3 Å². The largest absolute Gasteiger partial charge is 0.461 e. The molecule has 3 rings (SSSR count). The van der Waals surface area contributed by atoms with Gasteiger partial charge >= 0.3 is 0 Å². The van der Waals surface area contributed by atoms with Gasteiger partial charge in [0.05, 0.1) is 5.56 Å². The van der Waals surface area contributed by atoms with E-state index in [2.05, 4.69) is 24.4 Å². The van der Waals surface area contributed by atoms with Gasteiger partial charge < -0.3 is 9.73 Å². The highest BCUT2D eigenvalue weighted by atomic mass is 35.5. The Bertz CT molecular complexity index is 880. The summed E-state index contributed by atoms with van der Waals surface area (Å²) in [4.78, 5) is 12.6. The number of furan rings is 1. The Balaban J connectivity index is 1.72. The van der Waals surface area contributed by atoms with Crippen molar-refractivity contribution in [3.8, 4) is 11.3 Å². The number of anilines is 1. The molecule has 0 unspecified atom stereocenters. The molecule has 4 heteroatoms. The Morgan fingerprint density at radius 2 is 1.77 bits per heavy atom. The van der Waals surface area contributed by atoms with Crippen LogP contribution in [0.1, 0.15) is 41.4 Å². The molecule has 1 heterocycles. The summed E-state index contributed by atoms with van der Waals surface area (Å²) in [6.45, 7) is 3.97. The van der Waals surface area contributed by atoms with Crippen LogP contribution in [0, 0.1) is 6.92 Å². The third-order valence-electron chi connectivity index (χ3n) is 4.32. The lowest BCUT2D eigenvalue weighted by Gasteiger charge is -2.06. The molecule has 3 aromatic rings. The first-order valence-electron chi connectivity index (χ1n) is 8.83. The van der Waals surface area contributed by atoms with E-state index < -0.39 is 0 Å². The lowest BCUT2D eigenvalue weighted by molar-refractivity contribution is 0.102. The SMILES string of the molecule is CCCCc1ccc(NC(=O)c2cc(-c3ccc(Cl)cc3)oc2C)cc1.